The summed E-state index contributed by atoms with van der Waals surface area (Å²) in [6.45, 7) is 2.28. The minimum absolute atomic E-state index is 0.539. The summed E-state index contributed by atoms with van der Waals surface area (Å²) < 4.78 is 41.9. The Morgan fingerprint density at radius 3 is 2.35 bits per heavy atom. The van der Waals surface area contributed by atoms with Crippen LogP contribution < -0.4 is 5.32 Å². The molecule has 0 unspecified atom stereocenters. The predicted molar refractivity (Wildman–Crippen MR) is 61.0 cm³/mol. The molecule has 0 aromatic rings. The maximum absolute atomic E-state index is 12.2. The van der Waals surface area contributed by atoms with Crippen LogP contribution in [0.25, 0.3) is 0 Å². The number of alkyl halides is 3. The van der Waals surface area contributed by atoms with Crippen LogP contribution in [-0.2, 0) is 4.74 Å². The lowest BCUT2D eigenvalue weighted by molar-refractivity contribution is -0.210. The molecule has 1 aliphatic rings. The van der Waals surface area contributed by atoms with E-state index in [0.29, 0.717) is 6.54 Å². The summed E-state index contributed by atoms with van der Waals surface area (Å²) in [7, 11) is 0. The molecule has 0 spiro atoms. The number of rotatable bonds is 6. The third kappa shape index (κ3) is 5.73. The number of nitrogens with one attached hydrogen (secondary N) is 1. The fraction of sp³-hybridized carbons (Fsp3) is 1.00. The van der Waals surface area contributed by atoms with Crippen molar-refractivity contribution in [2.75, 3.05) is 19.7 Å². The van der Waals surface area contributed by atoms with E-state index in [2.05, 4.69) is 5.32 Å². The standard InChI is InChI=1S/C12H22F3NO/c1-2-8-16-9-11(6-4-3-5-7-11)17-10-12(13,14)15/h16H,2-10H2,1H3. The largest absolute Gasteiger partial charge is 0.411 e. The van der Waals surface area contributed by atoms with E-state index in [9.17, 15) is 13.2 Å². The maximum Gasteiger partial charge on any atom is 0.411 e. The van der Waals surface area contributed by atoms with Gasteiger partial charge in [-0.3, -0.25) is 0 Å². The molecule has 0 atom stereocenters. The summed E-state index contributed by atoms with van der Waals surface area (Å²) in [5.74, 6) is 0. The first-order chi connectivity index (χ1) is 7.97. The minimum Gasteiger partial charge on any atom is -0.364 e. The zero-order chi connectivity index (χ0) is 12.8. The molecule has 1 fully saturated rings. The highest BCUT2D eigenvalue weighted by molar-refractivity contribution is 4.87. The SMILES string of the molecule is CCCNCC1(OCC(F)(F)F)CCCCC1. The summed E-state index contributed by atoms with van der Waals surface area (Å²) in [4.78, 5) is 0. The van der Waals surface area contributed by atoms with Gasteiger partial charge in [0.1, 0.15) is 6.61 Å². The minimum atomic E-state index is -4.23. The molecular weight excluding hydrogens is 231 g/mol. The quantitative estimate of drug-likeness (QED) is 0.734. The lowest BCUT2D eigenvalue weighted by atomic mass is 9.84. The van der Waals surface area contributed by atoms with E-state index in [-0.39, 0.29) is 0 Å². The normalized spacial score (nSPS) is 20.5. The number of halogens is 3. The van der Waals surface area contributed by atoms with Crippen molar-refractivity contribution >= 4 is 0 Å². The summed E-state index contributed by atoms with van der Waals surface area (Å²) in [5.41, 5.74) is -0.594. The first-order valence-corrected chi connectivity index (χ1v) is 6.39. The molecule has 0 aliphatic heterocycles. The molecule has 17 heavy (non-hydrogen) atoms. The third-order valence-electron chi connectivity index (χ3n) is 3.18. The van der Waals surface area contributed by atoms with Crippen LogP contribution in [0.5, 0.6) is 0 Å². The molecule has 1 aliphatic carbocycles. The topological polar surface area (TPSA) is 21.3 Å². The zero-order valence-electron chi connectivity index (χ0n) is 10.4. The Kier molecular flexibility index (Phi) is 5.73. The number of hydrogen-bond acceptors (Lipinski definition) is 2. The molecule has 0 heterocycles. The molecular formula is C12H22F3NO. The average Bonchev–Trinajstić information content (AvgIpc) is 2.28. The van der Waals surface area contributed by atoms with Crippen molar-refractivity contribution in [1.82, 2.24) is 5.32 Å². The number of hydrogen-bond donors (Lipinski definition) is 1. The molecule has 0 aromatic carbocycles. The Balaban J connectivity index is 2.46. The Bertz CT molecular complexity index is 212. The van der Waals surface area contributed by atoms with Crippen molar-refractivity contribution in [2.24, 2.45) is 0 Å². The lowest BCUT2D eigenvalue weighted by Gasteiger charge is -2.37. The maximum atomic E-state index is 12.2. The molecule has 1 rings (SSSR count). The van der Waals surface area contributed by atoms with E-state index in [0.717, 1.165) is 45.1 Å². The third-order valence-corrected chi connectivity index (χ3v) is 3.18. The van der Waals surface area contributed by atoms with Crippen LogP contribution in [-0.4, -0.2) is 31.5 Å². The molecule has 102 valence electrons. The van der Waals surface area contributed by atoms with E-state index >= 15 is 0 Å². The molecule has 1 saturated carbocycles. The molecule has 5 heteroatoms. The van der Waals surface area contributed by atoms with Crippen LogP contribution in [0.3, 0.4) is 0 Å². The Labute approximate surface area is 101 Å². The van der Waals surface area contributed by atoms with Crippen LogP contribution in [0.4, 0.5) is 13.2 Å². The van der Waals surface area contributed by atoms with Crippen LogP contribution in [0, 0.1) is 0 Å². The first kappa shape index (κ1) is 14.8. The molecule has 0 saturated heterocycles. The van der Waals surface area contributed by atoms with Crippen LogP contribution >= 0.6 is 0 Å². The highest BCUT2D eigenvalue weighted by Crippen LogP contribution is 2.32. The monoisotopic (exact) mass is 253 g/mol. The van der Waals surface area contributed by atoms with E-state index in [4.69, 9.17) is 4.74 Å². The molecule has 2 nitrogen and oxygen atoms in total. The van der Waals surface area contributed by atoms with Crippen LogP contribution in [0.2, 0.25) is 0 Å². The first-order valence-electron chi connectivity index (χ1n) is 6.39. The molecule has 0 amide bonds. The van der Waals surface area contributed by atoms with Crippen molar-refractivity contribution in [3.63, 3.8) is 0 Å². The molecule has 0 radical (unpaired) electrons. The molecule has 0 aromatic heterocycles. The van der Waals surface area contributed by atoms with Crippen LogP contribution in [0.15, 0.2) is 0 Å². The fourth-order valence-corrected chi connectivity index (χ4v) is 2.30. The second kappa shape index (κ2) is 6.59. The Morgan fingerprint density at radius 2 is 1.82 bits per heavy atom. The van der Waals surface area contributed by atoms with Gasteiger partial charge < -0.3 is 10.1 Å². The van der Waals surface area contributed by atoms with Crippen LogP contribution in [0.1, 0.15) is 45.4 Å². The van der Waals surface area contributed by atoms with E-state index < -0.39 is 18.4 Å². The Hall–Kier alpha value is -0.290. The van der Waals surface area contributed by atoms with Crippen molar-refractivity contribution in [3.8, 4) is 0 Å². The average molecular weight is 253 g/mol. The summed E-state index contributed by atoms with van der Waals surface area (Å²) in [6, 6.07) is 0. The van der Waals surface area contributed by atoms with Gasteiger partial charge in [-0.25, -0.2) is 0 Å². The van der Waals surface area contributed by atoms with Gasteiger partial charge in [-0.15, -0.1) is 0 Å². The van der Waals surface area contributed by atoms with E-state index in [1.165, 1.54) is 0 Å². The lowest BCUT2D eigenvalue weighted by Crippen LogP contribution is -2.46. The fourth-order valence-electron chi connectivity index (χ4n) is 2.30. The van der Waals surface area contributed by atoms with Crippen molar-refractivity contribution in [2.45, 2.75) is 57.2 Å². The van der Waals surface area contributed by atoms with E-state index in [1.807, 2.05) is 6.92 Å². The van der Waals surface area contributed by atoms with Gasteiger partial charge in [0.2, 0.25) is 0 Å². The predicted octanol–water partition coefficient (Wildman–Crippen LogP) is 3.27. The van der Waals surface area contributed by atoms with Gasteiger partial charge in [0.25, 0.3) is 0 Å². The van der Waals surface area contributed by atoms with Gasteiger partial charge in [0.05, 0.1) is 5.60 Å². The van der Waals surface area contributed by atoms with E-state index in [1.54, 1.807) is 0 Å². The second-order valence-corrected chi connectivity index (χ2v) is 4.82. The van der Waals surface area contributed by atoms with Gasteiger partial charge in [-0.2, -0.15) is 13.2 Å². The van der Waals surface area contributed by atoms with Gasteiger partial charge in [-0.1, -0.05) is 26.2 Å². The van der Waals surface area contributed by atoms with Crippen molar-refractivity contribution in [1.29, 1.82) is 0 Å². The number of ether oxygens (including phenoxy) is 1. The molecule has 1 N–H and O–H groups in total. The van der Waals surface area contributed by atoms with Gasteiger partial charge in [-0.05, 0) is 25.8 Å². The Morgan fingerprint density at radius 1 is 1.18 bits per heavy atom. The highest BCUT2D eigenvalue weighted by Gasteiger charge is 2.37. The molecule has 0 bridgehead atoms. The van der Waals surface area contributed by atoms with Gasteiger partial charge in [0, 0.05) is 6.54 Å². The van der Waals surface area contributed by atoms with Crippen molar-refractivity contribution < 1.29 is 17.9 Å². The summed E-state index contributed by atoms with van der Waals surface area (Å²) in [5, 5.41) is 3.19. The highest BCUT2D eigenvalue weighted by atomic mass is 19.4. The van der Waals surface area contributed by atoms with Gasteiger partial charge in [0.15, 0.2) is 0 Å². The summed E-state index contributed by atoms with van der Waals surface area (Å²) in [6.07, 6.45) is 1.26. The smallest absolute Gasteiger partial charge is 0.364 e. The zero-order valence-corrected chi connectivity index (χ0v) is 10.4. The van der Waals surface area contributed by atoms with Crippen molar-refractivity contribution in [3.05, 3.63) is 0 Å². The van der Waals surface area contributed by atoms with Gasteiger partial charge >= 0.3 is 6.18 Å². The second-order valence-electron chi connectivity index (χ2n) is 4.82. The summed E-state index contributed by atoms with van der Waals surface area (Å²) >= 11 is 0.